The Morgan fingerprint density at radius 1 is 1.30 bits per heavy atom. The lowest BCUT2D eigenvalue weighted by Crippen LogP contribution is -2.23. The normalized spacial score (nSPS) is 16.9. The molecule has 0 bridgehead atoms. The smallest absolute Gasteiger partial charge is 0.0456 e. The molecule has 4 rings (SSSR count). The Kier molecular flexibility index (Phi) is 6.98. The molecule has 3 aromatic rings. The molecule has 4 heteroatoms. The van der Waals surface area contributed by atoms with Gasteiger partial charge in [-0.15, -0.1) is 11.3 Å². The molecule has 2 heterocycles. The molecule has 1 aliphatic rings. The van der Waals surface area contributed by atoms with E-state index in [0.717, 1.165) is 38.9 Å². The first kappa shape index (κ1) is 20.8. The second-order valence-electron chi connectivity index (χ2n) is 8.02. The minimum Gasteiger partial charge on any atom is -0.361 e. The van der Waals surface area contributed by atoms with Crippen LogP contribution in [0.3, 0.4) is 0 Å². The van der Waals surface area contributed by atoms with Gasteiger partial charge in [0, 0.05) is 47.3 Å². The lowest BCUT2D eigenvalue weighted by atomic mass is 9.92. The van der Waals surface area contributed by atoms with Crippen LogP contribution >= 0.6 is 11.3 Å². The molecule has 2 aromatic heterocycles. The maximum absolute atomic E-state index is 4.91. The van der Waals surface area contributed by atoms with E-state index in [-0.39, 0.29) is 0 Å². The highest BCUT2D eigenvalue weighted by Crippen LogP contribution is 2.22. The van der Waals surface area contributed by atoms with Gasteiger partial charge in [0.15, 0.2) is 0 Å². The summed E-state index contributed by atoms with van der Waals surface area (Å²) in [5, 5.41) is 7.08. The predicted molar refractivity (Wildman–Crippen MR) is 131 cm³/mol. The first-order valence-electron chi connectivity index (χ1n) is 10.9. The standard InChI is InChI=1S/C26H31N3S/c1-3-20-9-10-26-25(15-20)23(17-29-26)11-12-28-19(2)22-7-4-6-21(14-22)16-27-18-24-8-5-13-30-24/h4-10,13,15,17,21,27,29H,3,11-12,14,16,18H2,1-2H3. The molecule has 0 saturated carbocycles. The van der Waals surface area contributed by atoms with Gasteiger partial charge in [-0.25, -0.2) is 0 Å². The second kappa shape index (κ2) is 10.1. The van der Waals surface area contributed by atoms with Gasteiger partial charge in [0.05, 0.1) is 0 Å². The molecule has 156 valence electrons. The molecule has 1 unspecified atom stereocenters. The van der Waals surface area contributed by atoms with E-state index in [4.69, 9.17) is 4.99 Å². The number of rotatable bonds is 9. The SMILES string of the molecule is CCc1ccc2[nH]cc(CCN=C(C)C3=CC=CC(CNCc4cccs4)C3)c2c1. The second-order valence-corrected chi connectivity index (χ2v) is 9.05. The van der Waals surface area contributed by atoms with Crippen molar-refractivity contribution in [1.29, 1.82) is 0 Å². The molecular weight excluding hydrogens is 386 g/mol. The van der Waals surface area contributed by atoms with Crippen molar-refractivity contribution in [2.75, 3.05) is 13.1 Å². The molecule has 1 aromatic carbocycles. The average Bonchev–Trinajstić information content (AvgIpc) is 3.43. The fraction of sp³-hybridized carbons (Fsp3) is 0.346. The lowest BCUT2D eigenvalue weighted by Gasteiger charge is -2.19. The number of aromatic amines is 1. The van der Waals surface area contributed by atoms with Crippen molar-refractivity contribution in [3.05, 3.63) is 81.7 Å². The van der Waals surface area contributed by atoms with E-state index in [1.54, 1.807) is 0 Å². The Morgan fingerprint density at radius 3 is 3.07 bits per heavy atom. The van der Waals surface area contributed by atoms with Crippen LogP contribution in [0.2, 0.25) is 0 Å². The zero-order valence-electron chi connectivity index (χ0n) is 17.9. The summed E-state index contributed by atoms with van der Waals surface area (Å²) in [5.41, 5.74) is 6.52. The van der Waals surface area contributed by atoms with Gasteiger partial charge in [-0.1, -0.05) is 37.3 Å². The van der Waals surface area contributed by atoms with Crippen LogP contribution < -0.4 is 5.32 Å². The lowest BCUT2D eigenvalue weighted by molar-refractivity contribution is 0.556. The van der Waals surface area contributed by atoms with Gasteiger partial charge in [0.1, 0.15) is 0 Å². The minimum absolute atomic E-state index is 0.538. The van der Waals surface area contributed by atoms with E-state index in [0.29, 0.717) is 5.92 Å². The first-order valence-corrected chi connectivity index (χ1v) is 11.8. The summed E-state index contributed by atoms with van der Waals surface area (Å²) >= 11 is 1.81. The van der Waals surface area contributed by atoms with Crippen molar-refractivity contribution < 1.29 is 0 Å². The fourth-order valence-electron chi connectivity index (χ4n) is 4.05. The molecule has 0 fully saturated rings. The molecule has 0 aliphatic heterocycles. The Bertz CT molecular complexity index is 1050. The van der Waals surface area contributed by atoms with Crippen molar-refractivity contribution in [1.82, 2.24) is 10.3 Å². The molecular formula is C26H31N3S. The summed E-state index contributed by atoms with van der Waals surface area (Å²) in [4.78, 5) is 9.71. The first-order chi connectivity index (χ1) is 14.7. The largest absolute Gasteiger partial charge is 0.361 e. The molecule has 1 aliphatic carbocycles. The summed E-state index contributed by atoms with van der Waals surface area (Å²) in [5.74, 6) is 0.538. The zero-order valence-corrected chi connectivity index (χ0v) is 18.8. The van der Waals surface area contributed by atoms with E-state index >= 15 is 0 Å². The molecule has 2 N–H and O–H groups in total. The molecule has 0 spiro atoms. The number of nitrogens with one attached hydrogen (secondary N) is 2. The Labute approximate surface area is 183 Å². The number of hydrogen-bond donors (Lipinski definition) is 2. The van der Waals surface area contributed by atoms with Gasteiger partial charge in [0.2, 0.25) is 0 Å². The van der Waals surface area contributed by atoms with Crippen LogP contribution in [0.4, 0.5) is 0 Å². The number of fused-ring (bicyclic) bond motifs is 1. The van der Waals surface area contributed by atoms with Crippen LogP contribution in [0.5, 0.6) is 0 Å². The third kappa shape index (κ3) is 5.18. The van der Waals surface area contributed by atoms with Crippen LogP contribution in [0, 0.1) is 5.92 Å². The summed E-state index contributed by atoms with van der Waals surface area (Å²) < 4.78 is 0. The highest BCUT2D eigenvalue weighted by atomic mass is 32.1. The number of allylic oxidation sites excluding steroid dienone is 3. The minimum atomic E-state index is 0.538. The Hall–Kier alpha value is -2.43. The highest BCUT2D eigenvalue weighted by molar-refractivity contribution is 7.09. The van der Waals surface area contributed by atoms with Gasteiger partial charge >= 0.3 is 0 Å². The fourth-order valence-corrected chi connectivity index (χ4v) is 4.72. The number of aryl methyl sites for hydroxylation is 1. The quantitative estimate of drug-likeness (QED) is 0.407. The number of nitrogens with zero attached hydrogens (tertiary/aromatic N) is 1. The van der Waals surface area contributed by atoms with Crippen molar-refractivity contribution in [3.63, 3.8) is 0 Å². The monoisotopic (exact) mass is 417 g/mol. The third-order valence-electron chi connectivity index (χ3n) is 5.88. The van der Waals surface area contributed by atoms with Crippen molar-refractivity contribution in [2.24, 2.45) is 10.9 Å². The van der Waals surface area contributed by atoms with Gasteiger partial charge in [0.25, 0.3) is 0 Å². The molecule has 3 nitrogen and oxygen atoms in total. The molecule has 0 amide bonds. The van der Waals surface area contributed by atoms with Crippen molar-refractivity contribution >= 4 is 28.0 Å². The van der Waals surface area contributed by atoms with E-state index in [2.05, 4.69) is 84.3 Å². The van der Waals surface area contributed by atoms with Crippen molar-refractivity contribution in [2.45, 2.75) is 39.7 Å². The van der Waals surface area contributed by atoms with E-state index < -0.39 is 0 Å². The number of aliphatic imine (C=N–C) groups is 1. The Morgan fingerprint density at radius 2 is 2.23 bits per heavy atom. The average molecular weight is 418 g/mol. The van der Waals surface area contributed by atoms with Crippen LogP contribution in [0.15, 0.2) is 70.7 Å². The van der Waals surface area contributed by atoms with Crippen LogP contribution in [-0.2, 0) is 19.4 Å². The number of thiophene rings is 1. The van der Waals surface area contributed by atoms with Gasteiger partial charge < -0.3 is 10.3 Å². The predicted octanol–water partition coefficient (Wildman–Crippen LogP) is 6.09. The van der Waals surface area contributed by atoms with E-state index in [1.165, 1.54) is 38.2 Å². The zero-order chi connectivity index (χ0) is 20.8. The van der Waals surface area contributed by atoms with Crippen LogP contribution in [-0.4, -0.2) is 23.8 Å². The van der Waals surface area contributed by atoms with Crippen LogP contribution in [0.1, 0.15) is 36.3 Å². The highest BCUT2D eigenvalue weighted by Gasteiger charge is 2.13. The Balaban J connectivity index is 1.30. The summed E-state index contributed by atoms with van der Waals surface area (Å²) in [7, 11) is 0. The molecule has 1 atom stereocenters. The molecule has 0 radical (unpaired) electrons. The summed E-state index contributed by atoms with van der Waals surface area (Å²) in [6.45, 7) is 7.16. The summed E-state index contributed by atoms with van der Waals surface area (Å²) in [6.07, 6.45) is 12.0. The number of aromatic nitrogens is 1. The number of hydrogen-bond acceptors (Lipinski definition) is 3. The molecule has 30 heavy (non-hydrogen) atoms. The van der Waals surface area contributed by atoms with Gasteiger partial charge in [-0.2, -0.15) is 0 Å². The van der Waals surface area contributed by atoms with Crippen molar-refractivity contribution in [3.8, 4) is 0 Å². The summed E-state index contributed by atoms with van der Waals surface area (Å²) in [6, 6.07) is 11.0. The maximum atomic E-state index is 4.91. The number of benzene rings is 1. The van der Waals surface area contributed by atoms with Gasteiger partial charge in [-0.3, -0.25) is 4.99 Å². The van der Waals surface area contributed by atoms with Gasteiger partial charge in [-0.05, 0) is 72.4 Å². The topological polar surface area (TPSA) is 40.2 Å². The molecule has 0 saturated heterocycles. The third-order valence-corrected chi connectivity index (χ3v) is 6.76. The van der Waals surface area contributed by atoms with Crippen LogP contribution in [0.25, 0.3) is 10.9 Å². The number of H-pyrrole nitrogens is 1. The van der Waals surface area contributed by atoms with E-state index in [9.17, 15) is 0 Å². The maximum Gasteiger partial charge on any atom is 0.0456 e. The van der Waals surface area contributed by atoms with E-state index in [1.807, 2.05) is 11.3 Å².